The monoisotopic (exact) mass is 346 g/mol. The molecule has 1 unspecified atom stereocenters. The molecule has 0 bridgehead atoms. The maximum absolute atomic E-state index is 12.6. The van der Waals surface area contributed by atoms with Crippen LogP contribution in [0.15, 0.2) is 4.47 Å². The molecule has 2 rings (SSSR count). The van der Waals surface area contributed by atoms with Gasteiger partial charge in [-0.05, 0) is 48.8 Å². The minimum atomic E-state index is 0.0919. The Morgan fingerprint density at radius 2 is 2.37 bits per heavy atom. The van der Waals surface area contributed by atoms with E-state index in [2.05, 4.69) is 21.2 Å². The summed E-state index contributed by atoms with van der Waals surface area (Å²) in [6.07, 6.45) is 1.07. The van der Waals surface area contributed by atoms with Gasteiger partial charge in [-0.1, -0.05) is 0 Å². The lowest BCUT2D eigenvalue weighted by Gasteiger charge is -2.16. The second-order valence-electron chi connectivity index (χ2n) is 4.80. The van der Waals surface area contributed by atoms with Crippen LogP contribution in [-0.2, 0) is 0 Å². The van der Waals surface area contributed by atoms with E-state index in [0.717, 1.165) is 35.4 Å². The van der Waals surface area contributed by atoms with Crippen LogP contribution in [0.2, 0.25) is 0 Å². The van der Waals surface area contributed by atoms with Gasteiger partial charge in [0.15, 0.2) is 5.75 Å². The van der Waals surface area contributed by atoms with Gasteiger partial charge in [-0.25, -0.2) is 0 Å². The molecule has 1 fully saturated rings. The summed E-state index contributed by atoms with van der Waals surface area (Å²) in [7, 11) is 3.56. The minimum Gasteiger partial charge on any atom is -0.494 e. The van der Waals surface area contributed by atoms with Gasteiger partial charge in [0.25, 0.3) is 5.91 Å². The average molecular weight is 347 g/mol. The molecule has 19 heavy (non-hydrogen) atoms. The minimum absolute atomic E-state index is 0.0919. The lowest BCUT2D eigenvalue weighted by Crippen LogP contribution is -2.30. The molecule has 1 saturated heterocycles. The molecule has 6 heteroatoms. The van der Waals surface area contributed by atoms with Gasteiger partial charge in [-0.3, -0.25) is 4.79 Å². The summed E-state index contributed by atoms with van der Waals surface area (Å²) in [4.78, 5) is 16.3. The molecule has 1 aliphatic heterocycles. The molecule has 1 atom stereocenters. The number of thiophene rings is 1. The number of nitrogens with zero attached hydrogens (tertiary/aromatic N) is 1. The Bertz CT molecular complexity index is 475. The van der Waals surface area contributed by atoms with Crippen LogP contribution in [0.5, 0.6) is 5.75 Å². The fourth-order valence-corrected chi connectivity index (χ4v) is 4.16. The molecule has 0 saturated carbocycles. The predicted octanol–water partition coefficient (Wildman–Crippen LogP) is 2.51. The van der Waals surface area contributed by atoms with Crippen molar-refractivity contribution in [2.24, 2.45) is 5.92 Å². The van der Waals surface area contributed by atoms with Crippen LogP contribution in [-0.4, -0.2) is 44.6 Å². The van der Waals surface area contributed by atoms with E-state index in [1.807, 2.05) is 18.9 Å². The van der Waals surface area contributed by atoms with Crippen LogP contribution < -0.4 is 10.1 Å². The van der Waals surface area contributed by atoms with Crippen molar-refractivity contribution in [3.05, 3.63) is 14.2 Å². The molecule has 106 valence electrons. The largest absolute Gasteiger partial charge is 0.494 e. The molecular formula is C13H19BrN2O2S. The van der Waals surface area contributed by atoms with Crippen LogP contribution in [0.1, 0.15) is 21.0 Å². The summed E-state index contributed by atoms with van der Waals surface area (Å²) in [6.45, 7) is 4.62. The molecule has 1 N–H and O–H groups in total. The molecule has 1 aromatic rings. The maximum atomic E-state index is 12.6. The van der Waals surface area contributed by atoms with Gasteiger partial charge in [0.1, 0.15) is 4.88 Å². The highest BCUT2D eigenvalue weighted by atomic mass is 79.9. The molecule has 1 aromatic heterocycles. The van der Waals surface area contributed by atoms with E-state index in [4.69, 9.17) is 4.74 Å². The molecule has 0 radical (unpaired) electrons. The quantitative estimate of drug-likeness (QED) is 0.910. The maximum Gasteiger partial charge on any atom is 0.267 e. The van der Waals surface area contributed by atoms with Crippen LogP contribution in [0.25, 0.3) is 0 Å². The van der Waals surface area contributed by atoms with E-state index in [0.29, 0.717) is 16.5 Å². The summed E-state index contributed by atoms with van der Waals surface area (Å²) < 4.78 is 6.25. The first-order valence-corrected chi connectivity index (χ1v) is 7.96. The van der Waals surface area contributed by atoms with Gasteiger partial charge in [-0.2, -0.15) is 0 Å². The lowest BCUT2D eigenvalue weighted by atomic mass is 10.1. The lowest BCUT2D eigenvalue weighted by molar-refractivity contribution is 0.0789. The molecule has 0 aliphatic carbocycles. The number of hydrogen-bond donors (Lipinski definition) is 1. The first-order chi connectivity index (χ1) is 9.08. The van der Waals surface area contributed by atoms with Crippen molar-refractivity contribution in [3.63, 3.8) is 0 Å². The summed E-state index contributed by atoms with van der Waals surface area (Å²) in [6, 6.07) is 0. The van der Waals surface area contributed by atoms with Gasteiger partial charge in [0, 0.05) is 18.0 Å². The number of methoxy groups -OCH3 is 1. The van der Waals surface area contributed by atoms with E-state index in [1.165, 1.54) is 11.3 Å². The Labute approximate surface area is 126 Å². The standard InChI is InChI=1S/C13H19BrN2O2S/c1-8-10(14)11(18-3)12(19-8)13(17)16-5-4-9(7-16)6-15-2/h9,15H,4-7H2,1-3H3. The molecule has 4 nitrogen and oxygen atoms in total. The molecule has 0 aromatic carbocycles. The number of halogens is 1. The number of likely N-dealkylation sites (tertiary alicyclic amines) is 1. The van der Waals surface area contributed by atoms with E-state index >= 15 is 0 Å². The fourth-order valence-electron chi connectivity index (χ4n) is 2.44. The average Bonchev–Trinajstić information content (AvgIpc) is 2.96. The third-order valence-corrected chi connectivity index (χ3v) is 5.73. The SMILES string of the molecule is CNCC1CCN(C(=O)c2sc(C)c(Br)c2OC)C1. The van der Waals surface area contributed by atoms with Crippen LogP contribution in [0.4, 0.5) is 0 Å². The van der Waals surface area contributed by atoms with Crippen molar-refractivity contribution in [1.82, 2.24) is 10.2 Å². The van der Waals surface area contributed by atoms with Gasteiger partial charge < -0.3 is 15.0 Å². The molecule has 0 spiro atoms. The zero-order valence-electron chi connectivity index (χ0n) is 11.5. The highest BCUT2D eigenvalue weighted by molar-refractivity contribution is 9.10. The van der Waals surface area contributed by atoms with Crippen LogP contribution >= 0.6 is 27.3 Å². The summed E-state index contributed by atoms with van der Waals surface area (Å²) in [5.74, 6) is 1.32. The zero-order valence-corrected chi connectivity index (χ0v) is 13.9. The smallest absolute Gasteiger partial charge is 0.267 e. The van der Waals surface area contributed by atoms with Crippen molar-refractivity contribution >= 4 is 33.2 Å². The van der Waals surface area contributed by atoms with Crippen molar-refractivity contribution in [2.75, 3.05) is 33.8 Å². The van der Waals surface area contributed by atoms with Crippen molar-refractivity contribution in [3.8, 4) is 5.75 Å². The number of amides is 1. The molecular weight excluding hydrogens is 328 g/mol. The topological polar surface area (TPSA) is 41.6 Å². The van der Waals surface area contributed by atoms with E-state index < -0.39 is 0 Å². The van der Waals surface area contributed by atoms with Gasteiger partial charge in [-0.15, -0.1) is 11.3 Å². The highest BCUT2D eigenvalue weighted by Crippen LogP contribution is 2.40. The summed E-state index contributed by atoms with van der Waals surface area (Å²) in [5.41, 5.74) is 0. The Kier molecular flexibility index (Phi) is 4.86. The van der Waals surface area contributed by atoms with Crippen molar-refractivity contribution < 1.29 is 9.53 Å². The first kappa shape index (κ1) is 14.8. The number of ether oxygens (including phenoxy) is 1. The number of hydrogen-bond acceptors (Lipinski definition) is 4. The van der Waals surface area contributed by atoms with Gasteiger partial charge in [0.05, 0.1) is 11.6 Å². The number of rotatable bonds is 4. The number of carbonyl (C=O) groups excluding carboxylic acids is 1. The van der Waals surface area contributed by atoms with Crippen LogP contribution in [0, 0.1) is 12.8 Å². The Morgan fingerprint density at radius 1 is 1.63 bits per heavy atom. The first-order valence-electron chi connectivity index (χ1n) is 6.35. The second-order valence-corrected chi connectivity index (χ2v) is 6.82. The van der Waals surface area contributed by atoms with Crippen molar-refractivity contribution in [1.29, 1.82) is 0 Å². The van der Waals surface area contributed by atoms with Gasteiger partial charge in [0.2, 0.25) is 0 Å². The molecule has 1 amide bonds. The zero-order chi connectivity index (χ0) is 14.0. The third-order valence-electron chi connectivity index (χ3n) is 3.43. The Morgan fingerprint density at radius 3 is 3.00 bits per heavy atom. The van der Waals surface area contributed by atoms with E-state index in [-0.39, 0.29) is 5.91 Å². The second kappa shape index (κ2) is 6.24. The van der Waals surface area contributed by atoms with E-state index in [1.54, 1.807) is 7.11 Å². The summed E-state index contributed by atoms with van der Waals surface area (Å²) >= 11 is 4.98. The fraction of sp³-hybridized carbons (Fsp3) is 0.615. The highest BCUT2D eigenvalue weighted by Gasteiger charge is 2.30. The van der Waals surface area contributed by atoms with Crippen molar-refractivity contribution in [2.45, 2.75) is 13.3 Å². The third kappa shape index (κ3) is 2.95. The molecule has 2 heterocycles. The van der Waals surface area contributed by atoms with E-state index in [9.17, 15) is 4.79 Å². The summed E-state index contributed by atoms with van der Waals surface area (Å²) in [5, 5.41) is 3.18. The Balaban J connectivity index is 2.15. The number of aryl methyl sites for hydroxylation is 1. The van der Waals surface area contributed by atoms with Crippen LogP contribution in [0.3, 0.4) is 0 Å². The predicted molar refractivity (Wildman–Crippen MR) is 81.2 cm³/mol. The number of nitrogens with one attached hydrogen (secondary N) is 1. The van der Waals surface area contributed by atoms with Gasteiger partial charge >= 0.3 is 0 Å². The Hall–Kier alpha value is -0.590. The number of carbonyl (C=O) groups is 1. The molecule has 1 aliphatic rings. The normalized spacial score (nSPS) is 18.9.